The van der Waals surface area contributed by atoms with E-state index >= 15 is 0 Å². The van der Waals surface area contributed by atoms with Crippen LogP contribution in [0.4, 0.5) is 0 Å². The predicted molar refractivity (Wildman–Crippen MR) is 97.5 cm³/mol. The minimum absolute atomic E-state index is 0.216. The zero-order valence-corrected chi connectivity index (χ0v) is 14.7. The molecule has 3 aromatic rings. The molecule has 4 nitrogen and oxygen atoms in total. The highest BCUT2D eigenvalue weighted by Crippen LogP contribution is 2.44. The van der Waals surface area contributed by atoms with Crippen molar-refractivity contribution in [2.75, 3.05) is 13.1 Å². The predicted octanol–water partition coefficient (Wildman–Crippen LogP) is 4.01. The molecule has 1 saturated heterocycles. The quantitative estimate of drug-likeness (QED) is 0.710. The zero-order valence-electron chi connectivity index (χ0n) is 14.7. The number of likely N-dealkylation sites (tertiary alicyclic amines) is 1. The molecule has 1 atom stereocenters. The van der Waals surface area contributed by atoms with Gasteiger partial charge in [0.05, 0.1) is 12.2 Å². The largest absolute Gasteiger partial charge is 0.460 e. The van der Waals surface area contributed by atoms with Gasteiger partial charge < -0.3 is 4.42 Å². The van der Waals surface area contributed by atoms with E-state index in [1.165, 1.54) is 35.9 Å². The van der Waals surface area contributed by atoms with Crippen LogP contribution in [0.15, 0.2) is 40.9 Å². The van der Waals surface area contributed by atoms with Gasteiger partial charge in [0.2, 0.25) is 0 Å². The third kappa shape index (κ3) is 2.56. The first-order valence-electron chi connectivity index (χ1n) is 9.25. The van der Waals surface area contributed by atoms with Gasteiger partial charge in [-0.15, -0.1) is 0 Å². The average molecular weight is 333 g/mol. The molecule has 3 heterocycles. The van der Waals surface area contributed by atoms with Crippen LogP contribution >= 0.6 is 0 Å². The number of para-hydroxylation sites is 1. The Bertz CT molecular complexity index is 895. The lowest BCUT2D eigenvalue weighted by molar-refractivity contribution is 0.129. The van der Waals surface area contributed by atoms with Crippen LogP contribution < -0.4 is 0 Å². The topological polar surface area (TPSA) is 42.2 Å². The normalized spacial score (nSPS) is 23.4. The summed E-state index contributed by atoms with van der Waals surface area (Å²) >= 11 is 0. The molecular weight excluding hydrogens is 310 g/mol. The Labute approximate surface area is 147 Å². The molecule has 2 aliphatic rings. The highest BCUT2D eigenvalue weighted by Gasteiger charge is 2.43. The van der Waals surface area contributed by atoms with E-state index < -0.39 is 0 Å². The molecular formula is C21H23N3O. The van der Waals surface area contributed by atoms with Crippen molar-refractivity contribution in [1.29, 1.82) is 0 Å². The molecule has 0 amide bonds. The minimum Gasteiger partial charge on any atom is -0.460 e. The molecule has 0 radical (unpaired) electrons. The van der Waals surface area contributed by atoms with Gasteiger partial charge in [-0.1, -0.05) is 18.2 Å². The monoisotopic (exact) mass is 333 g/mol. The number of hydrogen-bond donors (Lipinski definition) is 0. The fraction of sp³-hybridized carbons (Fsp3) is 0.429. The van der Waals surface area contributed by atoms with Gasteiger partial charge in [-0.25, -0.2) is 9.97 Å². The maximum atomic E-state index is 6.04. The number of piperidine rings is 1. The van der Waals surface area contributed by atoms with Gasteiger partial charge in [0, 0.05) is 23.5 Å². The summed E-state index contributed by atoms with van der Waals surface area (Å²) in [5, 5.41) is 1.19. The second-order valence-corrected chi connectivity index (χ2v) is 7.64. The summed E-state index contributed by atoms with van der Waals surface area (Å²) in [7, 11) is 0. The number of aryl methyl sites for hydroxylation is 2. The maximum absolute atomic E-state index is 6.04. The van der Waals surface area contributed by atoms with E-state index in [1.807, 2.05) is 25.3 Å². The molecule has 1 spiro atoms. The first-order chi connectivity index (χ1) is 12.2. The van der Waals surface area contributed by atoms with Crippen LogP contribution in [-0.4, -0.2) is 28.0 Å². The smallest absolute Gasteiger partial charge is 0.134 e. The highest BCUT2D eigenvalue weighted by molar-refractivity contribution is 5.77. The number of hydrogen-bond acceptors (Lipinski definition) is 4. The van der Waals surface area contributed by atoms with E-state index in [2.05, 4.69) is 28.1 Å². The van der Waals surface area contributed by atoms with Crippen molar-refractivity contribution in [1.82, 2.24) is 14.9 Å². The van der Waals surface area contributed by atoms with Crippen molar-refractivity contribution >= 4 is 11.0 Å². The van der Waals surface area contributed by atoms with Gasteiger partial charge >= 0.3 is 0 Å². The van der Waals surface area contributed by atoms with E-state index in [0.717, 1.165) is 43.2 Å². The van der Waals surface area contributed by atoms with Gasteiger partial charge in [0.25, 0.3) is 0 Å². The molecule has 1 unspecified atom stereocenters. The fourth-order valence-corrected chi connectivity index (χ4v) is 4.72. The van der Waals surface area contributed by atoms with Crippen LogP contribution in [0.1, 0.15) is 42.1 Å². The summed E-state index contributed by atoms with van der Waals surface area (Å²) in [4.78, 5) is 11.8. The minimum atomic E-state index is 0.216. The van der Waals surface area contributed by atoms with Crippen molar-refractivity contribution in [3.05, 3.63) is 59.4 Å². The summed E-state index contributed by atoms with van der Waals surface area (Å²) in [5.41, 5.74) is 3.87. The molecule has 1 aliphatic carbocycles. The number of aromatic nitrogens is 2. The Hall–Kier alpha value is -2.20. The van der Waals surface area contributed by atoms with E-state index in [9.17, 15) is 0 Å². The van der Waals surface area contributed by atoms with Crippen molar-refractivity contribution in [2.24, 2.45) is 0 Å². The van der Waals surface area contributed by atoms with E-state index in [-0.39, 0.29) is 5.41 Å². The SMILES string of the molecule is Cc1ncc2c(n1)C1(CCCN(Cc3cc4ccccc4o3)C1)CC2. The fourth-order valence-electron chi connectivity index (χ4n) is 4.72. The summed E-state index contributed by atoms with van der Waals surface area (Å²) in [6.45, 7) is 5.10. The molecule has 128 valence electrons. The standard InChI is InChI=1S/C21H23N3O/c1-15-22-12-17-7-9-21(20(17)23-15)8-4-10-24(14-21)13-18-11-16-5-2-3-6-19(16)25-18/h2-3,5-6,11-12H,4,7-10,13-14H2,1H3. The van der Waals surface area contributed by atoms with Gasteiger partial charge in [0.15, 0.2) is 0 Å². The molecule has 0 saturated carbocycles. The first-order valence-corrected chi connectivity index (χ1v) is 9.25. The van der Waals surface area contributed by atoms with Gasteiger partial charge in [-0.2, -0.15) is 0 Å². The molecule has 4 heteroatoms. The lowest BCUT2D eigenvalue weighted by atomic mass is 9.77. The molecule has 0 bridgehead atoms. The second-order valence-electron chi connectivity index (χ2n) is 7.64. The van der Waals surface area contributed by atoms with Gasteiger partial charge in [0.1, 0.15) is 17.2 Å². The van der Waals surface area contributed by atoms with Crippen molar-refractivity contribution in [3.8, 4) is 0 Å². The van der Waals surface area contributed by atoms with Crippen LogP contribution in [0.5, 0.6) is 0 Å². The third-order valence-electron chi connectivity index (χ3n) is 5.87. The zero-order chi connectivity index (χ0) is 16.9. The average Bonchev–Trinajstić information content (AvgIpc) is 3.17. The summed E-state index contributed by atoms with van der Waals surface area (Å²) in [6, 6.07) is 10.4. The molecule has 0 N–H and O–H groups in total. The molecule has 1 fully saturated rings. The first kappa shape index (κ1) is 15.1. The number of benzene rings is 1. The Balaban J connectivity index is 1.41. The number of rotatable bonds is 2. The van der Waals surface area contributed by atoms with Crippen LogP contribution in [0, 0.1) is 6.92 Å². The third-order valence-corrected chi connectivity index (χ3v) is 5.87. The van der Waals surface area contributed by atoms with E-state index in [1.54, 1.807) is 0 Å². The summed E-state index contributed by atoms with van der Waals surface area (Å²) in [5.74, 6) is 1.96. The van der Waals surface area contributed by atoms with Crippen LogP contribution in [0.25, 0.3) is 11.0 Å². The van der Waals surface area contributed by atoms with E-state index in [4.69, 9.17) is 9.40 Å². The second kappa shape index (κ2) is 5.67. The van der Waals surface area contributed by atoms with Gasteiger partial charge in [-0.3, -0.25) is 4.90 Å². The Morgan fingerprint density at radius 2 is 2.16 bits per heavy atom. The Morgan fingerprint density at radius 3 is 3.08 bits per heavy atom. The molecule has 1 aromatic carbocycles. The highest BCUT2D eigenvalue weighted by atomic mass is 16.3. The number of nitrogens with zero attached hydrogens (tertiary/aromatic N) is 3. The summed E-state index contributed by atoms with van der Waals surface area (Å²) < 4.78 is 6.04. The van der Waals surface area contributed by atoms with Crippen LogP contribution in [0.2, 0.25) is 0 Å². The van der Waals surface area contributed by atoms with Crippen molar-refractivity contribution in [3.63, 3.8) is 0 Å². The lowest BCUT2D eigenvalue weighted by Gasteiger charge is -2.40. The molecule has 25 heavy (non-hydrogen) atoms. The summed E-state index contributed by atoms with van der Waals surface area (Å²) in [6.07, 6.45) is 6.84. The molecule has 2 aromatic heterocycles. The van der Waals surface area contributed by atoms with Crippen molar-refractivity contribution in [2.45, 2.75) is 44.6 Å². The maximum Gasteiger partial charge on any atom is 0.134 e. The molecule has 1 aliphatic heterocycles. The number of furan rings is 1. The van der Waals surface area contributed by atoms with Crippen molar-refractivity contribution < 1.29 is 4.42 Å². The Morgan fingerprint density at radius 1 is 1.24 bits per heavy atom. The van der Waals surface area contributed by atoms with Gasteiger partial charge in [-0.05, 0) is 56.8 Å². The van der Waals surface area contributed by atoms with Crippen LogP contribution in [0.3, 0.4) is 0 Å². The Kier molecular flexibility index (Phi) is 3.42. The van der Waals surface area contributed by atoms with E-state index in [0.29, 0.717) is 0 Å². The lowest BCUT2D eigenvalue weighted by Crippen LogP contribution is -2.45. The number of fused-ring (bicyclic) bond motifs is 3. The molecule has 5 rings (SSSR count). The van der Waals surface area contributed by atoms with Crippen LogP contribution in [-0.2, 0) is 18.4 Å².